The van der Waals surface area contributed by atoms with Gasteiger partial charge in [0.2, 0.25) is 5.91 Å². The summed E-state index contributed by atoms with van der Waals surface area (Å²) in [5, 5.41) is 12.0. The van der Waals surface area contributed by atoms with Crippen molar-refractivity contribution in [3.63, 3.8) is 0 Å². The average molecular weight is 382 g/mol. The van der Waals surface area contributed by atoms with Crippen LogP contribution in [-0.4, -0.2) is 45.2 Å². The molecule has 0 bridgehead atoms. The van der Waals surface area contributed by atoms with Crippen molar-refractivity contribution in [3.05, 3.63) is 47.7 Å². The van der Waals surface area contributed by atoms with Crippen LogP contribution in [-0.2, 0) is 11.3 Å². The van der Waals surface area contributed by atoms with Gasteiger partial charge in [-0.2, -0.15) is 5.26 Å². The van der Waals surface area contributed by atoms with Crippen LogP contribution in [0, 0.1) is 11.3 Å². The van der Waals surface area contributed by atoms with Crippen LogP contribution in [0.25, 0.3) is 0 Å². The van der Waals surface area contributed by atoms with E-state index in [9.17, 15) is 4.79 Å². The number of rotatable bonds is 6. The molecule has 1 aromatic carbocycles. The second-order valence-corrected chi connectivity index (χ2v) is 7.85. The van der Waals surface area contributed by atoms with Crippen molar-refractivity contribution in [2.45, 2.75) is 36.3 Å². The van der Waals surface area contributed by atoms with Gasteiger partial charge in [-0.3, -0.25) is 9.69 Å². The number of aromatic nitrogens is 2. The fourth-order valence-electron chi connectivity index (χ4n) is 2.99. The summed E-state index contributed by atoms with van der Waals surface area (Å²) < 4.78 is 0. The molecule has 140 valence electrons. The topological polar surface area (TPSA) is 108 Å². The van der Waals surface area contributed by atoms with Gasteiger partial charge in [0.25, 0.3) is 0 Å². The molecule has 2 heterocycles. The first-order valence-corrected chi connectivity index (χ1v) is 9.69. The van der Waals surface area contributed by atoms with Gasteiger partial charge in [-0.05, 0) is 18.9 Å². The highest BCUT2D eigenvalue weighted by molar-refractivity contribution is 8.00. The minimum atomic E-state index is -0.347. The number of nitriles is 1. The van der Waals surface area contributed by atoms with E-state index in [-0.39, 0.29) is 28.6 Å². The molecule has 1 saturated heterocycles. The van der Waals surface area contributed by atoms with Gasteiger partial charge < -0.3 is 11.1 Å². The molecule has 2 unspecified atom stereocenters. The van der Waals surface area contributed by atoms with E-state index in [1.807, 2.05) is 31.2 Å². The lowest BCUT2D eigenvalue weighted by atomic mass is 10.2. The number of likely N-dealkylation sites (tertiary alicyclic amines) is 1. The van der Waals surface area contributed by atoms with E-state index in [4.69, 9.17) is 11.0 Å². The number of nitrogens with one attached hydrogen (secondary N) is 1. The lowest BCUT2D eigenvalue weighted by Gasteiger charge is -2.18. The van der Waals surface area contributed by atoms with Crippen molar-refractivity contribution in [2.75, 3.05) is 18.8 Å². The number of anilines is 1. The third-order valence-electron chi connectivity index (χ3n) is 4.44. The summed E-state index contributed by atoms with van der Waals surface area (Å²) in [5.41, 5.74) is 7.22. The summed E-state index contributed by atoms with van der Waals surface area (Å²) >= 11 is 1.23. The smallest absolute Gasteiger partial charge is 0.233 e. The average Bonchev–Trinajstić information content (AvgIpc) is 3.09. The standard InChI is InChI=1S/C19H22N6OS/c1-13(27-19-22-10-15(9-20)17(21)24-19)18(26)23-16-7-8-25(12-16)11-14-5-3-2-4-6-14/h2-6,10,13,16H,7-8,11-12H2,1H3,(H,23,26)(H2,21,22,24). The molecule has 0 spiro atoms. The highest BCUT2D eigenvalue weighted by Gasteiger charge is 2.26. The SMILES string of the molecule is CC(Sc1ncc(C#N)c(N)n1)C(=O)NC1CCN(Cc2ccccc2)C1. The van der Waals surface area contributed by atoms with E-state index < -0.39 is 0 Å². The number of nitrogen functional groups attached to an aromatic ring is 1. The second-order valence-electron chi connectivity index (χ2n) is 6.54. The molecule has 0 saturated carbocycles. The number of hydrogen-bond acceptors (Lipinski definition) is 7. The third-order valence-corrected chi connectivity index (χ3v) is 5.41. The Balaban J connectivity index is 1.48. The summed E-state index contributed by atoms with van der Waals surface area (Å²) in [4.78, 5) is 23.0. The van der Waals surface area contributed by atoms with Crippen LogP contribution >= 0.6 is 11.8 Å². The summed E-state index contributed by atoms with van der Waals surface area (Å²) in [6.07, 6.45) is 2.32. The van der Waals surface area contributed by atoms with Crippen LogP contribution < -0.4 is 11.1 Å². The Morgan fingerprint density at radius 3 is 2.96 bits per heavy atom. The lowest BCUT2D eigenvalue weighted by molar-refractivity contribution is -0.120. The van der Waals surface area contributed by atoms with E-state index in [2.05, 4.69) is 32.3 Å². The lowest BCUT2D eigenvalue weighted by Crippen LogP contribution is -2.40. The van der Waals surface area contributed by atoms with Gasteiger partial charge in [0.15, 0.2) is 5.16 Å². The van der Waals surface area contributed by atoms with Crippen LogP contribution in [0.5, 0.6) is 0 Å². The van der Waals surface area contributed by atoms with Gasteiger partial charge in [-0.1, -0.05) is 42.1 Å². The van der Waals surface area contributed by atoms with E-state index in [1.54, 1.807) is 0 Å². The van der Waals surface area contributed by atoms with E-state index in [0.717, 1.165) is 26.1 Å². The summed E-state index contributed by atoms with van der Waals surface area (Å²) in [6, 6.07) is 12.4. The molecular formula is C19H22N6OS. The molecule has 2 atom stereocenters. The Kier molecular flexibility index (Phi) is 6.27. The maximum atomic E-state index is 12.5. The van der Waals surface area contributed by atoms with Crippen LogP contribution in [0.2, 0.25) is 0 Å². The molecule has 1 aliphatic rings. The van der Waals surface area contributed by atoms with Gasteiger partial charge >= 0.3 is 0 Å². The molecule has 2 aromatic rings. The number of hydrogen-bond donors (Lipinski definition) is 2. The Morgan fingerprint density at radius 2 is 2.26 bits per heavy atom. The second kappa shape index (κ2) is 8.84. The highest BCUT2D eigenvalue weighted by Crippen LogP contribution is 2.22. The Hall–Kier alpha value is -2.63. The van der Waals surface area contributed by atoms with Crippen molar-refractivity contribution in [1.82, 2.24) is 20.2 Å². The summed E-state index contributed by atoms with van der Waals surface area (Å²) in [6.45, 7) is 4.53. The van der Waals surface area contributed by atoms with Crippen molar-refractivity contribution in [2.24, 2.45) is 0 Å². The molecule has 27 heavy (non-hydrogen) atoms. The monoisotopic (exact) mass is 382 g/mol. The van der Waals surface area contributed by atoms with Crippen LogP contribution in [0.1, 0.15) is 24.5 Å². The number of carbonyl (C=O) groups is 1. The fourth-order valence-corrected chi connectivity index (χ4v) is 3.74. The zero-order chi connectivity index (χ0) is 19.2. The molecule has 1 aromatic heterocycles. The minimum Gasteiger partial charge on any atom is -0.382 e. The summed E-state index contributed by atoms with van der Waals surface area (Å²) in [5.74, 6) is 0.0908. The Bertz CT molecular complexity index is 838. The molecule has 3 N–H and O–H groups in total. The van der Waals surface area contributed by atoms with Gasteiger partial charge in [0.05, 0.1) is 11.4 Å². The van der Waals surface area contributed by atoms with Gasteiger partial charge in [-0.15, -0.1) is 0 Å². The molecule has 8 heteroatoms. The maximum absolute atomic E-state index is 12.5. The fraction of sp³-hybridized carbons (Fsp3) is 0.368. The van der Waals surface area contributed by atoms with E-state index >= 15 is 0 Å². The first-order chi connectivity index (χ1) is 13.0. The molecule has 3 rings (SSSR count). The highest BCUT2D eigenvalue weighted by atomic mass is 32.2. The van der Waals surface area contributed by atoms with Gasteiger partial charge in [0.1, 0.15) is 17.5 Å². The normalized spacial score (nSPS) is 18.0. The van der Waals surface area contributed by atoms with Crippen molar-refractivity contribution in [1.29, 1.82) is 5.26 Å². The number of nitrogens with two attached hydrogens (primary N) is 1. The Labute approximate surface area is 163 Å². The quantitative estimate of drug-likeness (QED) is 0.579. The largest absolute Gasteiger partial charge is 0.382 e. The summed E-state index contributed by atoms with van der Waals surface area (Å²) in [7, 11) is 0. The minimum absolute atomic E-state index is 0.0434. The number of nitrogens with zero attached hydrogens (tertiary/aromatic N) is 4. The van der Waals surface area contributed by atoms with Crippen LogP contribution in [0.3, 0.4) is 0 Å². The molecule has 1 fully saturated rings. The third kappa shape index (κ3) is 5.18. The zero-order valence-electron chi connectivity index (χ0n) is 15.1. The zero-order valence-corrected chi connectivity index (χ0v) is 15.9. The predicted octanol–water partition coefficient (Wildman–Crippen LogP) is 1.80. The predicted molar refractivity (Wildman–Crippen MR) is 105 cm³/mol. The number of benzene rings is 1. The molecule has 0 aliphatic carbocycles. The molecular weight excluding hydrogens is 360 g/mol. The van der Waals surface area contributed by atoms with E-state index in [0.29, 0.717) is 5.16 Å². The molecule has 1 aliphatic heterocycles. The molecule has 0 radical (unpaired) electrons. The molecule has 1 amide bonds. The molecule has 7 nitrogen and oxygen atoms in total. The van der Waals surface area contributed by atoms with E-state index in [1.165, 1.54) is 23.5 Å². The van der Waals surface area contributed by atoms with Crippen LogP contribution in [0.15, 0.2) is 41.7 Å². The van der Waals surface area contributed by atoms with Crippen molar-refractivity contribution in [3.8, 4) is 6.07 Å². The Morgan fingerprint density at radius 1 is 1.48 bits per heavy atom. The van der Waals surface area contributed by atoms with Gasteiger partial charge in [-0.25, -0.2) is 9.97 Å². The number of carbonyl (C=O) groups excluding carboxylic acids is 1. The first kappa shape index (κ1) is 19.1. The number of amides is 1. The van der Waals surface area contributed by atoms with Crippen molar-refractivity contribution < 1.29 is 4.79 Å². The van der Waals surface area contributed by atoms with Crippen LogP contribution in [0.4, 0.5) is 5.82 Å². The maximum Gasteiger partial charge on any atom is 0.233 e. The number of thioether (sulfide) groups is 1. The van der Waals surface area contributed by atoms with Crippen molar-refractivity contribution >= 4 is 23.5 Å². The first-order valence-electron chi connectivity index (χ1n) is 8.81. The van der Waals surface area contributed by atoms with Gasteiger partial charge in [0, 0.05) is 25.7 Å².